The fourth-order valence-electron chi connectivity index (χ4n) is 2.07. The number of carbonyl (C=O) groups is 1. The van der Waals surface area contributed by atoms with Gasteiger partial charge in [-0.3, -0.25) is 4.79 Å². The van der Waals surface area contributed by atoms with Gasteiger partial charge in [-0.05, 0) is 35.4 Å². The lowest BCUT2D eigenvalue weighted by Gasteiger charge is -2.06. The third kappa shape index (κ3) is 2.46. The van der Waals surface area contributed by atoms with Crippen LogP contribution in [0.3, 0.4) is 0 Å². The minimum Gasteiger partial charge on any atom is -0.309 e. The van der Waals surface area contributed by atoms with E-state index in [0.29, 0.717) is 11.4 Å². The molecule has 2 N–H and O–H groups in total. The molecule has 0 radical (unpaired) electrons. The zero-order chi connectivity index (χ0) is 13.2. The minimum absolute atomic E-state index is 0.242. The first kappa shape index (κ1) is 11.8. The molecule has 1 aromatic carbocycles. The molecular formula is C14H12FN3O. The lowest BCUT2D eigenvalue weighted by atomic mass is 10.1. The molecule has 4 nitrogen and oxygen atoms in total. The van der Waals surface area contributed by atoms with Crippen molar-refractivity contribution in [2.24, 2.45) is 0 Å². The normalized spacial score (nSPS) is 13.1. The lowest BCUT2D eigenvalue weighted by molar-refractivity contribution is 0.102. The Kier molecular flexibility index (Phi) is 2.97. The van der Waals surface area contributed by atoms with E-state index in [0.717, 1.165) is 24.8 Å². The standard InChI is InChI=1S/C14H12FN3O/c15-12-3-4-13(17-8-12)18-14(19)9-1-2-10-6-16-7-11(10)5-9/h1-5,8,16H,6-7H2,(H,17,18,19). The molecule has 0 atom stereocenters. The Morgan fingerprint density at radius 1 is 1.21 bits per heavy atom. The van der Waals surface area contributed by atoms with Crippen molar-refractivity contribution in [3.63, 3.8) is 0 Å². The van der Waals surface area contributed by atoms with Crippen molar-refractivity contribution in [1.82, 2.24) is 10.3 Å². The highest BCUT2D eigenvalue weighted by Crippen LogP contribution is 2.17. The molecule has 1 aromatic heterocycles. The molecule has 0 bridgehead atoms. The van der Waals surface area contributed by atoms with E-state index in [1.54, 1.807) is 6.07 Å². The number of rotatable bonds is 2. The van der Waals surface area contributed by atoms with Crippen molar-refractivity contribution in [2.45, 2.75) is 13.1 Å². The highest BCUT2D eigenvalue weighted by atomic mass is 19.1. The average Bonchev–Trinajstić information content (AvgIpc) is 2.88. The molecule has 0 fully saturated rings. The van der Waals surface area contributed by atoms with Crippen LogP contribution in [-0.2, 0) is 13.1 Å². The molecule has 1 amide bonds. The third-order valence-electron chi connectivity index (χ3n) is 3.07. The molecule has 5 heteroatoms. The summed E-state index contributed by atoms with van der Waals surface area (Å²) in [5.74, 6) is -0.333. The summed E-state index contributed by atoms with van der Waals surface area (Å²) in [5, 5.41) is 5.86. The number of hydrogen-bond acceptors (Lipinski definition) is 3. The van der Waals surface area contributed by atoms with Gasteiger partial charge < -0.3 is 10.6 Å². The number of carbonyl (C=O) groups excluding carboxylic acids is 1. The first-order valence-corrected chi connectivity index (χ1v) is 5.98. The third-order valence-corrected chi connectivity index (χ3v) is 3.07. The monoisotopic (exact) mass is 257 g/mol. The molecule has 2 heterocycles. The van der Waals surface area contributed by atoms with Crippen LogP contribution >= 0.6 is 0 Å². The number of halogens is 1. The highest BCUT2D eigenvalue weighted by Gasteiger charge is 2.13. The maximum absolute atomic E-state index is 12.7. The van der Waals surface area contributed by atoms with Crippen molar-refractivity contribution in [2.75, 3.05) is 5.32 Å². The number of pyridine rings is 1. The van der Waals surface area contributed by atoms with Crippen molar-refractivity contribution >= 4 is 11.7 Å². The number of aromatic nitrogens is 1. The molecular weight excluding hydrogens is 245 g/mol. The van der Waals surface area contributed by atoms with Gasteiger partial charge in [0, 0.05) is 18.7 Å². The number of anilines is 1. The van der Waals surface area contributed by atoms with Crippen molar-refractivity contribution in [3.05, 3.63) is 59.0 Å². The van der Waals surface area contributed by atoms with Crippen LogP contribution in [0, 0.1) is 5.82 Å². The maximum Gasteiger partial charge on any atom is 0.256 e. The van der Waals surface area contributed by atoms with E-state index in [1.807, 2.05) is 12.1 Å². The first-order chi connectivity index (χ1) is 9.22. The van der Waals surface area contributed by atoms with E-state index in [9.17, 15) is 9.18 Å². The van der Waals surface area contributed by atoms with Gasteiger partial charge in [0.2, 0.25) is 0 Å². The van der Waals surface area contributed by atoms with E-state index in [1.165, 1.54) is 17.7 Å². The van der Waals surface area contributed by atoms with Crippen LogP contribution in [0.4, 0.5) is 10.2 Å². The van der Waals surface area contributed by atoms with E-state index in [-0.39, 0.29) is 5.91 Å². The van der Waals surface area contributed by atoms with Gasteiger partial charge in [0.25, 0.3) is 5.91 Å². The predicted molar refractivity (Wildman–Crippen MR) is 69.1 cm³/mol. The summed E-state index contributed by atoms with van der Waals surface area (Å²) in [6.45, 7) is 1.63. The van der Waals surface area contributed by atoms with E-state index >= 15 is 0 Å². The van der Waals surface area contributed by atoms with Gasteiger partial charge in [-0.15, -0.1) is 0 Å². The Balaban J connectivity index is 1.78. The summed E-state index contributed by atoms with van der Waals surface area (Å²) in [7, 11) is 0. The number of nitrogens with one attached hydrogen (secondary N) is 2. The molecule has 96 valence electrons. The summed E-state index contributed by atoms with van der Waals surface area (Å²) in [6, 6.07) is 8.29. The van der Waals surface area contributed by atoms with Crippen LogP contribution in [0.15, 0.2) is 36.5 Å². The van der Waals surface area contributed by atoms with E-state index in [2.05, 4.69) is 15.6 Å². The SMILES string of the molecule is O=C(Nc1ccc(F)cn1)c1ccc2c(c1)CNC2. The minimum atomic E-state index is -0.429. The van der Waals surface area contributed by atoms with Crippen LogP contribution in [-0.4, -0.2) is 10.9 Å². The topological polar surface area (TPSA) is 54.0 Å². The summed E-state index contributed by atoms with van der Waals surface area (Å²) in [6.07, 6.45) is 1.07. The van der Waals surface area contributed by atoms with E-state index in [4.69, 9.17) is 0 Å². The molecule has 0 spiro atoms. The summed E-state index contributed by atoms with van der Waals surface area (Å²) < 4.78 is 12.7. The van der Waals surface area contributed by atoms with Gasteiger partial charge >= 0.3 is 0 Å². The fraction of sp³-hybridized carbons (Fsp3) is 0.143. The number of amides is 1. The van der Waals surface area contributed by atoms with Gasteiger partial charge in [0.15, 0.2) is 0 Å². The fourth-order valence-corrected chi connectivity index (χ4v) is 2.07. The van der Waals surface area contributed by atoms with Crippen molar-refractivity contribution < 1.29 is 9.18 Å². The van der Waals surface area contributed by atoms with Crippen LogP contribution < -0.4 is 10.6 Å². The zero-order valence-corrected chi connectivity index (χ0v) is 10.1. The Hall–Kier alpha value is -2.27. The molecule has 1 aliphatic rings. The molecule has 0 unspecified atom stereocenters. The molecule has 19 heavy (non-hydrogen) atoms. The molecule has 0 saturated heterocycles. The smallest absolute Gasteiger partial charge is 0.256 e. The van der Waals surface area contributed by atoms with Gasteiger partial charge in [-0.2, -0.15) is 0 Å². The summed E-state index contributed by atoms with van der Waals surface area (Å²) in [5.41, 5.74) is 2.93. The molecule has 3 rings (SSSR count). The second kappa shape index (κ2) is 4.78. The largest absolute Gasteiger partial charge is 0.309 e. The van der Waals surface area contributed by atoms with Crippen LogP contribution in [0.25, 0.3) is 0 Å². The number of nitrogens with zero attached hydrogens (tertiary/aromatic N) is 1. The Morgan fingerprint density at radius 2 is 2.05 bits per heavy atom. The Bertz CT molecular complexity index is 625. The van der Waals surface area contributed by atoms with Gasteiger partial charge in [0.05, 0.1) is 6.20 Å². The molecule has 1 aliphatic heterocycles. The number of hydrogen-bond donors (Lipinski definition) is 2. The van der Waals surface area contributed by atoms with E-state index < -0.39 is 5.82 Å². The van der Waals surface area contributed by atoms with Crippen LogP contribution in [0.2, 0.25) is 0 Å². The Morgan fingerprint density at radius 3 is 2.84 bits per heavy atom. The highest BCUT2D eigenvalue weighted by molar-refractivity contribution is 6.03. The maximum atomic E-state index is 12.7. The first-order valence-electron chi connectivity index (χ1n) is 5.98. The van der Waals surface area contributed by atoms with Crippen LogP contribution in [0.1, 0.15) is 21.5 Å². The number of fused-ring (bicyclic) bond motifs is 1. The van der Waals surface area contributed by atoms with Gasteiger partial charge in [-0.25, -0.2) is 9.37 Å². The van der Waals surface area contributed by atoms with Crippen LogP contribution in [0.5, 0.6) is 0 Å². The Labute approximate surface area is 109 Å². The number of benzene rings is 1. The second-order valence-electron chi connectivity index (χ2n) is 4.40. The molecule has 0 saturated carbocycles. The van der Waals surface area contributed by atoms with Crippen molar-refractivity contribution in [3.8, 4) is 0 Å². The van der Waals surface area contributed by atoms with Gasteiger partial charge in [-0.1, -0.05) is 6.07 Å². The predicted octanol–water partition coefficient (Wildman–Crippen LogP) is 2.08. The summed E-state index contributed by atoms with van der Waals surface area (Å²) in [4.78, 5) is 15.8. The van der Waals surface area contributed by atoms with Gasteiger partial charge in [0.1, 0.15) is 11.6 Å². The molecule has 0 aliphatic carbocycles. The zero-order valence-electron chi connectivity index (χ0n) is 10.1. The average molecular weight is 257 g/mol. The summed E-state index contributed by atoms with van der Waals surface area (Å²) >= 11 is 0. The molecule has 2 aromatic rings. The quantitative estimate of drug-likeness (QED) is 0.866. The second-order valence-corrected chi connectivity index (χ2v) is 4.40. The lowest BCUT2D eigenvalue weighted by Crippen LogP contribution is -2.13. The van der Waals surface area contributed by atoms with Crippen molar-refractivity contribution in [1.29, 1.82) is 0 Å².